The quantitative estimate of drug-likeness (QED) is 0.300. The fourth-order valence-corrected chi connectivity index (χ4v) is 1.50. The van der Waals surface area contributed by atoms with Crippen molar-refractivity contribution in [1.82, 2.24) is 15.1 Å². The Morgan fingerprint density at radius 2 is 1.53 bits per heavy atom. The molecule has 0 aromatic heterocycles. The zero-order valence-corrected chi connectivity index (χ0v) is 23.2. The van der Waals surface area contributed by atoms with Crippen molar-refractivity contribution in [2.75, 3.05) is 52.6 Å². The molecule has 0 atom stereocenters. The van der Waals surface area contributed by atoms with Crippen molar-refractivity contribution in [3.8, 4) is 12.8 Å². The molecule has 1 aromatic rings. The lowest BCUT2D eigenvalue weighted by Gasteiger charge is -2.15. The van der Waals surface area contributed by atoms with Crippen molar-refractivity contribution in [3.63, 3.8) is 0 Å². The van der Waals surface area contributed by atoms with Crippen LogP contribution in [0, 0.1) is 19.8 Å². The number of hydrogen-bond donors (Lipinski definition) is 2. The first-order valence-corrected chi connectivity index (χ1v) is 11.7. The number of likely N-dealkylation sites (N-methyl/N-ethyl adjacent to an activating group) is 1. The summed E-state index contributed by atoms with van der Waals surface area (Å²) in [6.45, 7) is 26.4. The number of benzene rings is 1. The molecule has 0 radical (unpaired) electrons. The van der Waals surface area contributed by atoms with E-state index in [-0.39, 0.29) is 0 Å². The Labute approximate surface area is 202 Å². The Morgan fingerprint density at radius 1 is 1.06 bits per heavy atom. The number of aldehydes is 1. The van der Waals surface area contributed by atoms with Gasteiger partial charge in [0.05, 0.1) is 6.54 Å². The van der Waals surface area contributed by atoms with Gasteiger partial charge in [-0.2, -0.15) is 0 Å². The molecule has 0 aliphatic carbocycles. The fraction of sp³-hybridized carbons (Fsp3) is 0.593. The number of nitrogen functional groups attached to an aromatic ring is 1. The highest BCUT2D eigenvalue weighted by molar-refractivity contribution is 5.52. The number of aryl methyl sites for hydroxylation is 1. The Hall–Kier alpha value is -2.29. The molecule has 0 unspecified atom stereocenters. The van der Waals surface area contributed by atoms with Gasteiger partial charge in [-0.1, -0.05) is 74.1 Å². The van der Waals surface area contributed by atoms with Crippen molar-refractivity contribution >= 4 is 12.0 Å². The minimum atomic E-state index is 0.436. The number of anilines is 1. The first-order valence-electron chi connectivity index (χ1n) is 11.7. The summed E-state index contributed by atoms with van der Waals surface area (Å²) >= 11 is 0. The van der Waals surface area contributed by atoms with Gasteiger partial charge in [0.25, 0.3) is 0 Å². The van der Waals surface area contributed by atoms with E-state index < -0.39 is 0 Å². The molecular weight excluding hydrogens is 396 g/mol. The number of nitrogens with zero attached hydrogens (tertiary/aromatic N) is 2. The van der Waals surface area contributed by atoms with Gasteiger partial charge in [0, 0.05) is 18.8 Å². The number of terminal acetylenes is 1. The summed E-state index contributed by atoms with van der Waals surface area (Å²) < 4.78 is 0. The Balaban J connectivity index is -0.0000000694. The molecule has 5 heteroatoms. The standard InChI is InChI=1S/C7H14N2O.C7H9N.C5H13N.3C2H6.C2H2/c1-3-9(6-7-10)5-4-8-2;1-6-3-2-4-7(8)5-6;1-4-6(3)5-2;4*1-2/h3,7-8H,1,4-6H2,2H3;2-5H,8H2,1H3;4-5H2,1-3H3;3*1-2H3;1-2H. The normalized spacial score (nSPS) is 7.56. The summed E-state index contributed by atoms with van der Waals surface area (Å²) in [5, 5.41) is 2.99. The van der Waals surface area contributed by atoms with E-state index >= 15 is 0 Å². The van der Waals surface area contributed by atoms with Crippen LogP contribution >= 0.6 is 0 Å². The Kier molecular flexibility index (Phi) is 63.7. The number of carbonyl (C=O) groups is 1. The summed E-state index contributed by atoms with van der Waals surface area (Å²) in [5.41, 5.74) is 7.51. The van der Waals surface area contributed by atoms with Gasteiger partial charge in [0.15, 0.2) is 0 Å². The molecule has 1 rings (SSSR count). The topological polar surface area (TPSA) is 61.6 Å². The van der Waals surface area contributed by atoms with E-state index in [1.807, 2.05) is 84.7 Å². The highest BCUT2D eigenvalue weighted by Crippen LogP contribution is 2.03. The maximum absolute atomic E-state index is 10.0. The van der Waals surface area contributed by atoms with Gasteiger partial charge in [-0.25, -0.2) is 0 Å². The average molecular weight is 453 g/mol. The summed E-state index contributed by atoms with van der Waals surface area (Å²) in [4.78, 5) is 14.1. The molecule has 0 bridgehead atoms. The van der Waals surface area contributed by atoms with Crippen molar-refractivity contribution < 1.29 is 4.79 Å². The van der Waals surface area contributed by atoms with Crippen LogP contribution in [0.25, 0.3) is 0 Å². The van der Waals surface area contributed by atoms with Crippen LogP contribution in [0.3, 0.4) is 0 Å². The van der Waals surface area contributed by atoms with E-state index in [1.165, 1.54) is 5.56 Å². The van der Waals surface area contributed by atoms with Crippen molar-refractivity contribution in [2.45, 2.75) is 62.3 Å². The number of rotatable bonds is 8. The van der Waals surface area contributed by atoms with Crippen LogP contribution in [0.15, 0.2) is 37.0 Å². The van der Waals surface area contributed by atoms with Crippen LogP contribution < -0.4 is 11.1 Å². The number of carbonyl (C=O) groups excluding carboxylic acids is 1. The second kappa shape index (κ2) is 46.8. The van der Waals surface area contributed by atoms with Crippen LogP contribution in [0.1, 0.15) is 61.0 Å². The highest BCUT2D eigenvalue weighted by Gasteiger charge is 1.93. The second-order valence-electron chi connectivity index (χ2n) is 5.35. The largest absolute Gasteiger partial charge is 0.399 e. The lowest BCUT2D eigenvalue weighted by atomic mass is 10.2. The van der Waals surface area contributed by atoms with Crippen LogP contribution in [-0.2, 0) is 4.79 Å². The molecule has 0 saturated carbocycles. The maximum Gasteiger partial charge on any atom is 0.139 e. The number of nitrogens with two attached hydrogens (primary N) is 1. The monoisotopic (exact) mass is 452 g/mol. The predicted octanol–water partition coefficient (Wildman–Crippen LogP) is 5.71. The van der Waals surface area contributed by atoms with E-state index in [2.05, 4.69) is 50.5 Å². The first kappa shape index (κ1) is 43.6. The maximum atomic E-state index is 10.0. The molecule has 0 fully saturated rings. The molecule has 0 aliphatic heterocycles. The predicted molar refractivity (Wildman–Crippen MR) is 150 cm³/mol. The van der Waals surface area contributed by atoms with Gasteiger partial charge in [-0.05, 0) is 58.0 Å². The van der Waals surface area contributed by atoms with Gasteiger partial charge in [-0.15, -0.1) is 12.8 Å². The molecule has 0 saturated heterocycles. The molecular formula is C27H56N4O. The van der Waals surface area contributed by atoms with Crippen LogP contribution in [-0.4, -0.2) is 62.9 Å². The number of hydrogen-bond acceptors (Lipinski definition) is 5. The first-order chi connectivity index (χ1) is 15.4. The van der Waals surface area contributed by atoms with Crippen LogP contribution in [0.5, 0.6) is 0 Å². The third-order valence-corrected chi connectivity index (χ3v) is 3.34. The SMILES string of the molecule is C#C.C=CN(CC=O)CCNC.CC.CC.CC.CCN(C)CC.Cc1cccc(N)c1. The Morgan fingerprint density at radius 3 is 1.75 bits per heavy atom. The summed E-state index contributed by atoms with van der Waals surface area (Å²) in [6, 6.07) is 7.80. The summed E-state index contributed by atoms with van der Waals surface area (Å²) in [7, 11) is 3.99. The minimum Gasteiger partial charge on any atom is -0.399 e. The summed E-state index contributed by atoms with van der Waals surface area (Å²) in [5.74, 6) is 0. The van der Waals surface area contributed by atoms with Crippen LogP contribution in [0.4, 0.5) is 5.69 Å². The van der Waals surface area contributed by atoms with Crippen LogP contribution in [0.2, 0.25) is 0 Å². The van der Waals surface area contributed by atoms with Gasteiger partial charge >= 0.3 is 0 Å². The molecule has 0 spiro atoms. The molecule has 0 amide bonds. The molecule has 5 nitrogen and oxygen atoms in total. The lowest BCUT2D eigenvalue weighted by Crippen LogP contribution is -2.27. The van der Waals surface area contributed by atoms with Crippen molar-refractivity contribution in [1.29, 1.82) is 0 Å². The number of nitrogens with one attached hydrogen (secondary N) is 1. The van der Waals surface area contributed by atoms with Gasteiger partial charge in [0.2, 0.25) is 0 Å². The summed E-state index contributed by atoms with van der Waals surface area (Å²) in [6.07, 6.45) is 10.5. The molecule has 0 aliphatic rings. The lowest BCUT2D eigenvalue weighted by molar-refractivity contribution is -0.108. The van der Waals surface area contributed by atoms with Gasteiger partial charge < -0.3 is 25.6 Å². The molecule has 1 aromatic carbocycles. The zero-order valence-electron chi connectivity index (χ0n) is 23.2. The zero-order chi connectivity index (χ0) is 26.8. The van der Waals surface area contributed by atoms with Gasteiger partial charge in [-0.3, -0.25) is 0 Å². The van der Waals surface area contributed by atoms with E-state index in [0.717, 1.165) is 38.2 Å². The molecule has 3 N–H and O–H groups in total. The third-order valence-electron chi connectivity index (χ3n) is 3.34. The van der Waals surface area contributed by atoms with Crippen molar-refractivity contribution in [2.24, 2.45) is 0 Å². The average Bonchev–Trinajstić information content (AvgIpc) is 2.86. The molecule has 0 heterocycles. The van der Waals surface area contributed by atoms with Crippen molar-refractivity contribution in [3.05, 3.63) is 42.6 Å². The van der Waals surface area contributed by atoms with E-state index in [0.29, 0.717) is 6.54 Å². The Bertz CT molecular complexity index is 441. The molecule has 32 heavy (non-hydrogen) atoms. The van der Waals surface area contributed by atoms with Gasteiger partial charge in [0.1, 0.15) is 6.29 Å². The van der Waals surface area contributed by atoms with E-state index in [4.69, 9.17) is 5.73 Å². The van der Waals surface area contributed by atoms with E-state index in [9.17, 15) is 4.79 Å². The minimum absolute atomic E-state index is 0.436. The van der Waals surface area contributed by atoms with E-state index in [1.54, 1.807) is 6.20 Å². The third kappa shape index (κ3) is 46.1. The fourth-order valence-electron chi connectivity index (χ4n) is 1.50. The molecule has 190 valence electrons. The second-order valence-corrected chi connectivity index (χ2v) is 5.35. The smallest absolute Gasteiger partial charge is 0.139 e. The highest BCUT2D eigenvalue weighted by atomic mass is 16.1.